The highest BCUT2D eigenvalue weighted by Gasteiger charge is 2.22. The van der Waals surface area contributed by atoms with Gasteiger partial charge in [0.1, 0.15) is 5.78 Å². The molecule has 0 spiro atoms. The third-order valence-electron chi connectivity index (χ3n) is 2.93. The first kappa shape index (κ1) is 10.3. The minimum absolute atomic E-state index is 0.256. The third-order valence-corrected chi connectivity index (χ3v) is 2.93. The molecule has 1 saturated heterocycles. The molecule has 0 aliphatic carbocycles. The molecular weight excluding hydrogens is 194 g/mol. The lowest BCUT2D eigenvalue weighted by atomic mass is 9.93. The molecule has 0 atom stereocenters. The molecule has 0 N–H and O–H groups in total. The maximum Gasteiger partial charge on any atom is 0.213 e. The van der Waals surface area contributed by atoms with Crippen molar-refractivity contribution in [2.24, 2.45) is 5.92 Å². The van der Waals surface area contributed by atoms with Crippen molar-refractivity contribution >= 4 is 5.78 Å². The SMILES string of the molecule is CC(=O)C1CCN(Cc2ncon2)CC1. The number of carbonyl (C=O) groups excluding carboxylic acids is 1. The predicted molar refractivity (Wildman–Crippen MR) is 53.0 cm³/mol. The first-order valence-electron chi connectivity index (χ1n) is 5.24. The van der Waals surface area contributed by atoms with Gasteiger partial charge in [0.15, 0.2) is 5.82 Å². The summed E-state index contributed by atoms with van der Waals surface area (Å²) in [4.78, 5) is 17.4. The molecule has 0 amide bonds. The van der Waals surface area contributed by atoms with E-state index in [0.29, 0.717) is 5.78 Å². The molecule has 15 heavy (non-hydrogen) atoms. The summed E-state index contributed by atoms with van der Waals surface area (Å²) in [5.41, 5.74) is 0. The predicted octanol–water partition coefficient (Wildman–Crippen LogP) is 0.871. The Labute approximate surface area is 88.5 Å². The zero-order valence-corrected chi connectivity index (χ0v) is 8.85. The molecule has 5 heteroatoms. The van der Waals surface area contributed by atoms with Crippen LogP contribution in [-0.2, 0) is 11.3 Å². The summed E-state index contributed by atoms with van der Waals surface area (Å²) >= 11 is 0. The Bertz CT molecular complexity index is 315. The number of rotatable bonds is 3. The summed E-state index contributed by atoms with van der Waals surface area (Å²) in [6.45, 7) is 4.29. The molecule has 1 aliphatic rings. The van der Waals surface area contributed by atoms with Gasteiger partial charge in [-0.15, -0.1) is 0 Å². The molecule has 5 nitrogen and oxygen atoms in total. The van der Waals surface area contributed by atoms with E-state index in [9.17, 15) is 4.79 Å². The van der Waals surface area contributed by atoms with Gasteiger partial charge in [0.25, 0.3) is 0 Å². The van der Waals surface area contributed by atoms with Crippen LogP contribution in [0.5, 0.6) is 0 Å². The Balaban J connectivity index is 1.81. The highest BCUT2D eigenvalue weighted by molar-refractivity contribution is 5.78. The van der Waals surface area contributed by atoms with Crippen molar-refractivity contribution in [2.45, 2.75) is 26.3 Å². The van der Waals surface area contributed by atoms with Crippen LogP contribution in [0.1, 0.15) is 25.6 Å². The number of nitrogens with zero attached hydrogens (tertiary/aromatic N) is 3. The van der Waals surface area contributed by atoms with Crippen molar-refractivity contribution in [1.29, 1.82) is 0 Å². The fourth-order valence-electron chi connectivity index (χ4n) is 1.96. The van der Waals surface area contributed by atoms with Crippen molar-refractivity contribution in [3.05, 3.63) is 12.2 Å². The van der Waals surface area contributed by atoms with Crippen molar-refractivity contribution in [3.8, 4) is 0 Å². The van der Waals surface area contributed by atoms with Crippen molar-refractivity contribution in [3.63, 3.8) is 0 Å². The van der Waals surface area contributed by atoms with E-state index in [-0.39, 0.29) is 5.92 Å². The topological polar surface area (TPSA) is 59.2 Å². The summed E-state index contributed by atoms with van der Waals surface area (Å²) in [5.74, 6) is 1.29. The van der Waals surface area contributed by atoms with E-state index in [0.717, 1.165) is 38.3 Å². The Morgan fingerprint density at radius 1 is 1.60 bits per heavy atom. The van der Waals surface area contributed by atoms with Gasteiger partial charge in [-0.1, -0.05) is 5.16 Å². The first-order valence-corrected chi connectivity index (χ1v) is 5.24. The fourth-order valence-corrected chi connectivity index (χ4v) is 1.96. The molecule has 0 saturated carbocycles. The lowest BCUT2D eigenvalue weighted by Crippen LogP contribution is -2.35. The minimum atomic E-state index is 0.256. The van der Waals surface area contributed by atoms with Crippen LogP contribution >= 0.6 is 0 Å². The van der Waals surface area contributed by atoms with Gasteiger partial charge in [0, 0.05) is 5.92 Å². The van der Waals surface area contributed by atoms with E-state index in [4.69, 9.17) is 0 Å². The smallest absolute Gasteiger partial charge is 0.213 e. The van der Waals surface area contributed by atoms with Crippen LogP contribution in [0.25, 0.3) is 0 Å². The monoisotopic (exact) mass is 209 g/mol. The average Bonchev–Trinajstić information content (AvgIpc) is 2.71. The number of hydrogen-bond donors (Lipinski definition) is 0. The van der Waals surface area contributed by atoms with Gasteiger partial charge in [-0.05, 0) is 32.9 Å². The molecule has 1 aromatic heterocycles. The second-order valence-corrected chi connectivity index (χ2v) is 4.01. The number of carbonyl (C=O) groups is 1. The molecule has 1 fully saturated rings. The standard InChI is InChI=1S/C10H15N3O2/c1-8(14)9-2-4-13(5-3-9)6-10-11-7-15-12-10/h7,9H,2-6H2,1H3. The van der Waals surface area contributed by atoms with Gasteiger partial charge < -0.3 is 4.52 Å². The van der Waals surface area contributed by atoms with E-state index in [1.165, 1.54) is 6.39 Å². The highest BCUT2D eigenvalue weighted by atomic mass is 16.5. The number of likely N-dealkylation sites (tertiary alicyclic amines) is 1. The summed E-state index contributed by atoms with van der Waals surface area (Å²) < 4.78 is 4.67. The average molecular weight is 209 g/mol. The first-order chi connectivity index (χ1) is 7.25. The van der Waals surface area contributed by atoms with Crippen LogP contribution in [0.2, 0.25) is 0 Å². The van der Waals surface area contributed by atoms with Gasteiger partial charge in [-0.25, -0.2) is 0 Å². The molecule has 2 heterocycles. The molecule has 0 radical (unpaired) electrons. The Kier molecular flexibility index (Phi) is 3.11. The van der Waals surface area contributed by atoms with Gasteiger partial charge in [0.2, 0.25) is 6.39 Å². The zero-order chi connectivity index (χ0) is 10.7. The van der Waals surface area contributed by atoms with Crippen LogP contribution in [0, 0.1) is 5.92 Å². The van der Waals surface area contributed by atoms with Crippen molar-refractivity contribution in [1.82, 2.24) is 15.0 Å². The molecular formula is C10H15N3O2. The largest absolute Gasteiger partial charge is 0.343 e. The lowest BCUT2D eigenvalue weighted by Gasteiger charge is -2.29. The molecule has 0 aromatic carbocycles. The normalized spacial score (nSPS) is 19.3. The van der Waals surface area contributed by atoms with Crippen LogP contribution < -0.4 is 0 Å². The molecule has 1 aliphatic heterocycles. The van der Waals surface area contributed by atoms with Gasteiger partial charge >= 0.3 is 0 Å². The summed E-state index contributed by atoms with van der Waals surface area (Å²) in [5, 5.41) is 3.77. The van der Waals surface area contributed by atoms with Crippen LogP contribution in [0.4, 0.5) is 0 Å². The molecule has 2 rings (SSSR count). The second kappa shape index (κ2) is 4.53. The molecule has 0 bridgehead atoms. The summed E-state index contributed by atoms with van der Waals surface area (Å²) in [7, 11) is 0. The minimum Gasteiger partial charge on any atom is -0.343 e. The Hall–Kier alpha value is -1.23. The summed E-state index contributed by atoms with van der Waals surface area (Å²) in [6.07, 6.45) is 3.25. The van der Waals surface area contributed by atoms with E-state index >= 15 is 0 Å². The van der Waals surface area contributed by atoms with Crippen LogP contribution in [0.15, 0.2) is 10.9 Å². The van der Waals surface area contributed by atoms with Gasteiger partial charge in [-0.3, -0.25) is 9.69 Å². The summed E-state index contributed by atoms with van der Waals surface area (Å²) in [6, 6.07) is 0. The molecule has 0 unspecified atom stereocenters. The quantitative estimate of drug-likeness (QED) is 0.739. The van der Waals surface area contributed by atoms with Gasteiger partial charge in [0.05, 0.1) is 6.54 Å². The molecule has 1 aromatic rings. The van der Waals surface area contributed by atoms with E-state index in [2.05, 4.69) is 19.6 Å². The Morgan fingerprint density at radius 2 is 2.33 bits per heavy atom. The highest BCUT2D eigenvalue weighted by Crippen LogP contribution is 2.18. The fraction of sp³-hybridized carbons (Fsp3) is 0.700. The van der Waals surface area contributed by atoms with E-state index in [1.807, 2.05) is 0 Å². The van der Waals surface area contributed by atoms with Crippen molar-refractivity contribution in [2.75, 3.05) is 13.1 Å². The third kappa shape index (κ3) is 2.62. The van der Waals surface area contributed by atoms with E-state index < -0.39 is 0 Å². The van der Waals surface area contributed by atoms with E-state index in [1.54, 1.807) is 6.92 Å². The van der Waals surface area contributed by atoms with Gasteiger partial charge in [-0.2, -0.15) is 4.98 Å². The van der Waals surface area contributed by atoms with Crippen LogP contribution in [-0.4, -0.2) is 33.9 Å². The number of ketones is 1. The number of aromatic nitrogens is 2. The maximum absolute atomic E-state index is 11.2. The number of hydrogen-bond acceptors (Lipinski definition) is 5. The lowest BCUT2D eigenvalue weighted by molar-refractivity contribution is -0.122. The zero-order valence-electron chi connectivity index (χ0n) is 8.85. The Morgan fingerprint density at radius 3 is 2.87 bits per heavy atom. The maximum atomic E-state index is 11.2. The van der Waals surface area contributed by atoms with Crippen molar-refractivity contribution < 1.29 is 9.32 Å². The van der Waals surface area contributed by atoms with Crippen LogP contribution in [0.3, 0.4) is 0 Å². The number of Topliss-reactive ketones (excluding diaryl/α,β-unsaturated/α-hetero) is 1. The molecule has 82 valence electrons. The number of piperidine rings is 1. The second-order valence-electron chi connectivity index (χ2n) is 4.01.